The van der Waals surface area contributed by atoms with Crippen LogP contribution in [0, 0.1) is 0 Å². The number of fused-ring (bicyclic) bond motifs is 1. The Morgan fingerprint density at radius 3 is 1.74 bits per heavy atom. The maximum absolute atomic E-state index is 5.55. The average Bonchev–Trinajstić information content (AvgIpc) is 3.22. The Balaban J connectivity index is 1.68. The Kier molecular flexibility index (Phi) is 3.83. The van der Waals surface area contributed by atoms with Crippen LogP contribution in [-0.2, 0) is 0 Å². The van der Waals surface area contributed by atoms with Gasteiger partial charge in [-0.1, -0.05) is 66.7 Å². The summed E-state index contributed by atoms with van der Waals surface area (Å²) in [7, 11) is 0. The molecule has 3 heteroatoms. The number of pyridine rings is 1. The summed E-state index contributed by atoms with van der Waals surface area (Å²) in [5.41, 5.74) is 6.26. The van der Waals surface area contributed by atoms with Gasteiger partial charge in [-0.25, -0.2) is 4.98 Å². The molecule has 0 aliphatic carbocycles. The predicted molar refractivity (Wildman–Crippen MR) is 107 cm³/mol. The van der Waals surface area contributed by atoms with Crippen LogP contribution in [0.5, 0.6) is 11.5 Å². The highest BCUT2D eigenvalue weighted by molar-refractivity contribution is 5.77. The fourth-order valence-corrected chi connectivity index (χ4v) is 3.29. The van der Waals surface area contributed by atoms with Crippen LogP contribution in [0.1, 0.15) is 0 Å². The largest absolute Gasteiger partial charge is 0.454 e. The van der Waals surface area contributed by atoms with Crippen LogP contribution in [0.25, 0.3) is 33.6 Å². The molecule has 27 heavy (non-hydrogen) atoms. The van der Waals surface area contributed by atoms with E-state index >= 15 is 0 Å². The van der Waals surface area contributed by atoms with E-state index in [2.05, 4.69) is 42.5 Å². The Hall–Kier alpha value is -3.59. The number of aromatic nitrogens is 1. The number of benzene rings is 3. The van der Waals surface area contributed by atoms with Gasteiger partial charge >= 0.3 is 0 Å². The number of ether oxygens (including phenoxy) is 2. The molecular weight excluding hydrogens is 334 g/mol. The van der Waals surface area contributed by atoms with E-state index < -0.39 is 0 Å². The van der Waals surface area contributed by atoms with Crippen LogP contribution < -0.4 is 9.47 Å². The van der Waals surface area contributed by atoms with Crippen molar-refractivity contribution in [1.82, 2.24) is 4.98 Å². The number of hydrogen-bond donors (Lipinski definition) is 0. The van der Waals surface area contributed by atoms with Crippen molar-refractivity contribution in [3.05, 3.63) is 91.0 Å². The summed E-state index contributed by atoms with van der Waals surface area (Å²) in [5.74, 6) is 1.58. The van der Waals surface area contributed by atoms with Gasteiger partial charge in [0.05, 0.1) is 11.4 Å². The van der Waals surface area contributed by atoms with E-state index in [9.17, 15) is 0 Å². The minimum Gasteiger partial charge on any atom is -0.454 e. The van der Waals surface area contributed by atoms with Crippen molar-refractivity contribution in [2.75, 3.05) is 6.79 Å². The maximum Gasteiger partial charge on any atom is 0.231 e. The molecule has 3 nitrogen and oxygen atoms in total. The van der Waals surface area contributed by atoms with Crippen LogP contribution in [0.15, 0.2) is 91.0 Å². The van der Waals surface area contributed by atoms with Gasteiger partial charge in [0.2, 0.25) is 6.79 Å². The van der Waals surface area contributed by atoms with Gasteiger partial charge in [-0.3, -0.25) is 0 Å². The van der Waals surface area contributed by atoms with Crippen molar-refractivity contribution in [2.24, 2.45) is 0 Å². The second-order valence-corrected chi connectivity index (χ2v) is 6.43. The van der Waals surface area contributed by atoms with Crippen molar-refractivity contribution < 1.29 is 9.47 Å². The Bertz CT molecular complexity index is 1030. The Morgan fingerprint density at radius 1 is 0.519 bits per heavy atom. The quantitative estimate of drug-likeness (QED) is 0.467. The lowest BCUT2D eigenvalue weighted by molar-refractivity contribution is 0.174. The first kappa shape index (κ1) is 15.6. The number of nitrogens with zero attached hydrogens (tertiary/aromatic N) is 1. The molecule has 0 spiro atoms. The summed E-state index contributed by atoms with van der Waals surface area (Å²) < 4.78 is 11.0. The Labute approximate surface area is 157 Å². The van der Waals surface area contributed by atoms with Gasteiger partial charge in [0.1, 0.15) is 0 Å². The van der Waals surface area contributed by atoms with Crippen molar-refractivity contribution in [3.8, 4) is 45.1 Å². The third kappa shape index (κ3) is 3.04. The van der Waals surface area contributed by atoms with Crippen LogP contribution in [-0.4, -0.2) is 11.8 Å². The molecule has 0 radical (unpaired) electrons. The normalized spacial score (nSPS) is 12.1. The van der Waals surface area contributed by atoms with Gasteiger partial charge in [0.25, 0.3) is 0 Å². The minimum atomic E-state index is 0.277. The molecule has 0 saturated carbocycles. The first-order valence-corrected chi connectivity index (χ1v) is 8.90. The first-order valence-electron chi connectivity index (χ1n) is 8.90. The lowest BCUT2D eigenvalue weighted by Crippen LogP contribution is -1.93. The summed E-state index contributed by atoms with van der Waals surface area (Å²) in [6.07, 6.45) is 0. The fourth-order valence-electron chi connectivity index (χ4n) is 3.29. The molecule has 0 saturated heterocycles. The third-order valence-corrected chi connectivity index (χ3v) is 4.67. The third-order valence-electron chi connectivity index (χ3n) is 4.67. The molecule has 1 aliphatic heterocycles. The van der Waals surface area contributed by atoms with E-state index in [1.165, 1.54) is 0 Å². The predicted octanol–water partition coefficient (Wildman–Crippen LogP) is 5.81. The first-order chi connectivity index (χ1) is 13.4. The summed E-state index contributed by atoms with van der Waals surface area (Å²) in [6, 6.07) is 30.8. The molecule has 0 unspecified atom stereocenters. The highest BCUT2D eigenvalue weighted by atomic mass is 16.7. The SMILES string of the molecule is c1ccc(-c2cc(-c3ccc4c(c3)OCO4)cc(-c3ccccc3)n2)cc1. The Morgan fingerprint density at radius 2 is 1.11 bits per heavy atom. The molecule has 3 aromatic carbocycles. The van der Waals surface area contributed by atoms with E-state index in [1.807, 2.05) is 48.5 Å². The molecule has 1 aliphatic rings. The summed E-state index contributed by atoms with van der Waals surface area (Å²) in [4.78, 5) is 4.92. The zero-order valence-electron chi connectivity index (χ0n) is 14.6. The molecule has 0 amide bonds. The lowest BCUT2D eigenvalue weighted by atomic mass is 9.99. The van der Waals surface area contributed by atoms with Crippen LogP contribution in [0.3, 0.4) is 0 Å². The summed E-state index contributed by atoms with van der Waals surface area (Å²) >= 11 is 0. The summed E-state index contributed by atoms with van der Waals surface area (Å²) in [6.45, 7) is 0.277. The zero-order valence-corrected chi connectivity index (χ0v) is 14.6. The van der Waals surface area contributed by atoms with Gasteiger partial charge in [-0.05, 0) is 35.4 Å². The van der Waals surface area contributed by atoms with E-state index in [1.54, 1.807) is 0 Å². The molecule has 4 aromatic rings. The highest BCUT2D eigenvalue weighted by Crippen LogP contribution is 2.37. The van der Waals surface area contributed by atoms with E-state index in [0.717, 1.165) is 45.1 Å². The molecule has 0 atom stereocenters. The lowest BCUT2D eigenvalue weighted by Gasteiger charge is -2.11. The van der Waals surface area contributed by atoms with Crippen LogP contribution in [0.4, 0.5) is 0 Å². The van der Waals surface area contributed by atoms with Gasteiger partial charge in [-0.2, -0.15) is 0 Å². The second kappa shape index (κ2) is 6.61. The molecule has 1 aromatic heterocycles. The molecule has 5 rings (SSSR count). The molecule has 0 fully saturated rings. The molecule has 130 valence electrons. The minimum absolute atomic E-state index is 0.277. The number of rotatable bonds is 3. The van der Waals surface area contributed by atoms with Gasteiger partial charge in [0.15, 0.2) is 11.5 Å². The van der Waals surface area contributed by atoms with Crippen molar-refractivity contribution >= 4 is 0 Å². The van der Waals surface area contributed by atoms with Crippen molar-refractivity contribution in [2.45, 2.75) is 0 Å². The van der Waals surface area contributed by atoms with Gasteiger partial charge < -0.3 is 9.47 Å². The molecule has 2 heterocycles. The second-order valence-electron chi connectivity index (χ2n) is 6.43. The van der Waals surface area contributed by atoms with Crippen molar-refractivity contribution in [1.29, 1.82) is 0 Å². The van der Waals surface area contributed by atoms with E-state index in [4.69, 9.17) is 14.5 Å². The smallest absolute Gasteiger partial charge is 0.231 e. The monoisotopic (exact) mass is 351 g/mol. The van der Waals surface area contributed by atoms with Gasteiger partial charge in [-0.15, -0.1) is 0 Å². The standard InChI is InChI=1S/C24H17NO2/c1-3-7-17(8-4-1)21-13-20(14-22(25-21)18-9-5-2-6-10-18)19-11-12-23-24(15-19)27-16-26-23/h1-15H,16H2. The molecular formula is C24H17NO2. The number of hydrogen-bond acceptors (Lipinski definition) is 3. The molecule has 0 N–H and O–H groups in total. The van der Waals surface area contributed by atoms with Crippen LogP contribution >= 0.6 is 0 Å². The summed E-state index contributed by atoms with van der Waals surface area (Å²) in [5, 5.41) is 0. The topological polar surface area (TPSA) is 31.4 Å². The van der Waals surface area contributed by atoms with Gasteiger partial charge in [0, 0.05) is 11.1 Å². The van der Waals surface area contributed by atoms with Crippen molar-refractivity contribution in [3.63, 3.8) is 0 Å². The highest BCUT2D eigenvalue weighted by Gasteiger charge is 2.15. The fraction of sp³-hybridized carbons (Fsp3) is 0.0417. The maximum atomic E-state index is 5.55. The zero-order chi connectivity index (χ0) is 18.1. The average molecular weight is 351 g/mol. The van der Waals surface area contributed by atoms with E-state index in [-0.39, 0.29) is 6.79 Å². The molecule has 0 bridgehead atoms. The van der Waals surface area contributed by atoms with Crippen LogP contribution in [0.2, 0.25) is 0 Å². The van der Waals surface area contributed by atoms with E-state index in [0.29, 0.717) is 0 Å².